The number of nitrogens with one attached hydrogen (secondary N) is 1. The van der Waals surface area contributed by atoms with Crippen LogP contribution in [0.5, 0.6) is 0 Å². The monoisotopic (exact) mass is 524 g/mol. The first-order valence-corrected chi connectivity index (χ1v) is 14.0. The van der Waals surface area contributed by atoms with Crippen LogP contribution in [0.15, 0.2) is 34.9 Å². The molecule has 0 bridgehead atoms. The molecule has 1 aromatic rings. The second-order valence-electron chi connectivity index (χ2n) is 9.65. The van der Waals surface area contributed by atoms with Gasteiger partial charge in [0.1, 0.15) is 5.70 Å². The summed E-state index contributed by atoms with van der Waals surface area (Å²) in [4.78, 5) is 28.9. The fourth-order valence-corrected chi connectivity index (χ4v) is 7.53. The molecule has 3 aliphatic rings. The second-order valence-corrected chi connectivity index (χ2v) is 12.4. The molecule has 3 aliphatic heterocycles. The zero-order chi connectivity index (χ0) is 25.7. The average molecular weight is 525 g/mol. The molecule has 0 unspecified atom stereocenters. The van der Waals surface area contributed by atoms with Crippen molar-refractivity contribution in [1.29, 1.82) is 0 Å². The van der Waals surface area contributed by atoms with E-state index in [0.29, 0.717) is 24.4 Å². The largest absolute Gasteiger partial charge is 0.477 e. The summed E-state index contributed by atoms with van der Waals surface area (Å²) in [6.45, 7) is 6.88. The van der Waals surface area contributed by atoms with Crippen LogP contribution in [-0.2, 0) is 26.3 Å². The summed E-state index contributed by atoms with van der Waals surface area (Å²) in [6, 6.07) is 7.51. The Morgan fingerprint density at radius 3 is 2.63 bits per heavy atom. The zero-order valence-corrected chi connectivity index (χ0v) is 21.6. The predicted octanol–water partition coefficient (Wildman–Crippen LogP) is 0.618. The molecule has 3 heterocycles. The number of carbonyl (C=O) groups excluding carboxylic acids is 1. The van der Waals surface area contributed by atoms with Crippen LogP contribution in [0, 0.1) is 18.8 Å². The molecule has 12 heteroatoms. The van der Waals surface area contributed by atoms with E-state index in [2.05, 4.69) is 9.62 Å². The molecule has 0 saturated carbocycles. The number of fused-ring (bicyclic) bond motifs is 1. The minimum absolute atomic E-state index is 0.00287. The van der Waals surface area contributed by atoms with Gasteiger partial charge >= 0.3 is 5.97 Å². The van der Waals surface area contributed by atoms with Crippen LogP contribution < -0.4 is 9.86 Å². The SMILES string of the molecule is Cc1ccccc1CN1C[C@@H](SC2=C(C(=O)O)N3C(=O)[C@H]([C@@H](C)O)[C@H]3[C@H]2C)C[C@H]1CNS(N)(=O)=O. The molecule has 6 atom stereocenters. The van der Waals surface area contributed by atoms with Crippen molar-refractivity contribution < 1.29 is 28.2 Å². The molecule has 1 aromatic carbocycles. The highest BCUT2D eigenvalue weighted by molar-refractivity contribution is 8.03. The number of carbonyl (C=O) groups is 2. The lowest BCUT2D eigenvalue weighted by molar-refractivity contribution is -0.163. The van der Waals surface area contributed by atoms with Crippen molar-refractivity contribution >= 4 is 33.8 Å². The number of aliphatic hydroxyl groups excluding tert-OH is 1. The third-order valence-electron chi connectivity index (χ3n) is 7.25. The van der Waals surface area contributed by atoms with E-state index in [0.717, 1.165) is 11.1 Å². The molecular weight excluding hydrogens is 492 g/mol. The van der Waals surface area contributed by atoms with Gasteiger partial charge < -0.3 is 15.1 Å². The van der Waals surface area contributed by atoms with Gasteiger partial charge in [0.25, 0.3) is 10.2 Å². The van der Waals surface area contributed by atoms with E-state index in [9.17, 15) is 28.2 Å². The minimum atomic E-state index is -3.85. The van der Waals surface area contributed by atoms with Crippen LogP contribution in [-0.4, -0.2) is 76.8 Å². The number of aliphatic carboxylic acids is 1. The number of thioether (sulfide) groups is 1. The van der Waals surface area contributed by atoms with E-state index in [1.54, 1.807) is 6.92 Å². The predicted molar refractivity (Wildman–Crippen MR) is 132 cm³/mol. The number of carboxylic acid groups (broad SMARTS) is 1. The molecular formula is C23H32N4O6S2. The molecule has 5 N–H and O–H groups in total. The van der Waals surface area contributed by atoms with E-state index in [1.165, 1.54) is 16.7 Å². The Balaban J connectivity index is 1.56. The summed E-state index contributed by atoms with van der Waals surface area (Å²) in [5.74, 6) is -2.32. The lowest BCUT2D eigenvalue weighted by Crippen LogP contribution is -2.63. The molecule has 0 radical (unpaired) electrons. The number of carboxylic acids is 1. The Hall–Kier alpha value is -1.96. The summed E-state index contributed by atoms with van der Waals surface area (Å²) < 4.78 is 25.5. The van der Waals surface area contributed by atoms with Gasteiger partial charge in [0, 0.05) is 41.7 Å². The summed E-state index contributed by atoms with van der Waals surface area (Å²) in [7, 11) is -3.85. The first-order chi connectivity index (χ1) is 16.4. The van der Waals surface area contributed by atoms with Crippen molar-refractivity contribution in [2.24, 2.45) is 17.0 Å². The van der Waals surface area contributed by atoms with Gasteiger partial charge in [-0.2, -0.15) is 8.42 Å². The van der Waals surface area contributed by atoms with Crippen molar-refractivity contribution in [1.82, 2.24) is 14.5 Å². The van der Waals surface area contributed by atoms with E-state index >= 15 is 0 Å². The highest BCUT2D eigenvalue weighted by Gasteiger charge is 2.60. The smallest absolute Gasteiger partial charge is 0.353 e. The number of aryl methyl sites for hydroxylation is 1. The fourth-order valence-electron chi connectivity index (χ4n) is 5.51. The third-order valence-corrected chi connectivity index (χ3v) is 9.31. The molecule has 2 saturated heterocycles. The number of hydrogen-bond donors (Lipinski definition) is 4. The van der Waals surface area contributed by atoms with Crippen LogP contribution in [0.4, 0.5) is 0 Å². The quantitative estimate of drug-likeness (QED) is 0.343. The van der Waals surface area contributed by atoms with Crippen LogP contribution in [0.1, 0.15) is 31.4 Å². The molecule has 0 spiro atoms. The van der Waals surface area contributed by atoms with Gasteiger partial charge in [-0.15, -0.1) is 11.8 Å². The van der Waals surface area contributed by atoms with E-state index in [-0.39, 0.29) is 41.4 Å². The van der Waals surface area contributed by atoms with Gasteiger partial charge in [-0.3, -0.25) is 9.69 Å². The average Bonchev–Trinajstić information content (AvgIpc) is 3.24. The van der Waals surface area contributed by atoms with Crippen LogP contribution in [0.2, 0.25) is 0 Å². The van der Waals surface area contributed by atoms with Gasteiger partial charge in [0.2, 0.25) is 5.91 Å². The summed E-state index contributed by atoms with van der Waals surface area (Å²) in [5.41, 5.74) is 2.27. The lowest BCUT2D eigenvalue weighted by atomic mass is 9.79. The Morgan fingerprint density at radius 1 is 1.34 bits per heavy atom. The fraction of sp³-hybridized carbons (Fsp3) is 0.565. The van der Waals surface area contributed by atoms with E-state index in [4.69, 9.17) is 5.14 Å². The van der Waals surface area contributed by atoms with Crippen LogP contribution >= 0.6 is 11.8 Å². The summed E-state index contributed by atoms with van der Waals surface area (Å²) in [5, 5.41) is 25.1. The summed E-state index contributed by atoms with van der Waals surface area (Å²) >= 11 is 1.45. The maximum Gasteiger partial charge on any atom is 0.353 e. The minimum Gasteiger partial charge on any atom is -0.477 e. The van der Waals surface area contributed by atoms with Crippen molar-refractivity contribution in [3.8, 4) is 0 Å². The standard InChI is InChI=1S/C23H32N4O6S2/c1-12-6-4-5-7-15(12)10-26-11-17(8-16(26)9-25-35(24,32)33)34-21-13(2)19-18(14(3)28)22(29)27(19)20(21)23(30)31/h4-7,13-14,16-19,25,28H,8-11H2,1-3H3,(H,30,31)(H2,24,32,33)/t13-,14-,16+,17+,18-,19-/m1/s1. The number of nitrogens with zero attached hydrogens (tertiary/aromatic N) is 2. The number of aliphatic hydroxyl groups is 1. The number of hydrogen-bond acceptors (Lipinski definition) is 7. The molecule has 0 aromatic heterocycles. The number of amides is 1. The topological polar surface area (TPSA) is 153 Å². The van der Waals surface area contributed by atoms with Crippen LogP contribution in [0.25, 0.3) is 0 Å². The van der Waals surface area contributed by atoms with Gasteiger partial charge in [0.05, 0.1) is 18.1 Å². The van der Waals surface area contributed by atoms with E-state index in [1.807, 2.05) is 38.1 Å². The normalized spacial score (nSPS) is 29.9. The molecule has 2 fully saturated rings. The Bertz CT molecular complexity index is 1150. The maximum atomic E-state index is 12.6. The Labute approximate surface area is 209 Å². The van der Waals surface area contributed by atoms with Gasteiger partial charge in [-0.1, -0.05) is 31.2 Å². The number of benzene rings is 1. The lowest BCUT2D eigenvalue weighted by Gasteiger charge is -2.46. The van der Waals surface area contributed by atoms with Gasteiger partial charge in [-0.25, -0.2) is 14.7 Å². The van der Waals surface area contributed by atoms with Crippen molar-refractivity contribution in [3.63, 3.8) is 0 Å². The second kappa shape index (κ2) is 9.83. The highest BCUT2D eigenvalue weighted by Crippen LogP contribution is 2.52. The molecule has 1 amide bonds. The number of β-lactam (4-membered cyclic amide) rings is 1. The molecule has 10 nitrogen and oxygen atoms in total. The molecule has 192 valence electrons. The van der Waals surface area contributed by atoms with E-state index < -0.39 is 28.2 Å². The van der Waals surface area contributed by atoms with Crippen molar-refractivity contribution in [3.05, 3.63) is 46.0 Å². The zero-order valence-electron chi connectivity index (χ0n) is 19.9. The van der Waals surface area contributed by atoms with Gasteiger partial charge in [0.15, 0.2) is 0 Å². The van der Waals surface area contributed by atoms with Crippen LogP contribution in [0.3, 0.4) is 0 Å². The number of likely N-dealkylation sites (tertiary alicyclic amines) is 1. The van der Waals surface area contributed by atoms with Crippen molar-refractivity contribution in [2.75, 3.05) is 13.1 Å². The highest BCUT2D eigenvalue weighted by atomic mass is 32.2. The summed E-state index contributed by atoms with van der Waals surface area (Å²) in [6.07, 6.45) is -0.226. The number of nitrogens with two attached hydrogens (primary N) is 1. The first kappa shape index (κ1) is 26.1. The Morgan fingerprint density at radius 2 is 2.03 bits per heavy atom. The third kappa shape index (κ3) is 5.13. The molecule has 35 heavy (non-hydrogen) atoms. The number of rotatable bonds is 9. The molecule has 0 aliphatic carbocycles. The molecule has 4 rings (SSSR count). The maximum absolute atomic E-state index is 12.6. The van der Waals surface area contributed by atoms with Crippen molar-refractivity contribution in [2.45, 2.75) is 57.2 Å². The first-order valence-electron chi connectivity index (χ1n) is 11.6. The Kier molecular flexibility index (Phi) is 7.33. The van der Waals surface area contributed by atoms with Gasteiger partial charge in [-0.05, 0) is 31.4 Å².